The van der Waals surface area contributed by atoms with Gasteiger partial charge in [-0.1, -0.05) is 13.3 Å². The van der Waals surface area contributed by atoms with Crippen LogP contribution in [0.2, 0.25) is 0 Å². The van der Waals surface area contributed by atoms with Crippen molar-refractivity contribution in [1.82, 2.24) is 0 Å². The van der Waals surface area contributed by atoms with Gasteiger partial charge in [-0.3, -0.25) is 0 Å². The Labute approximate surface area is 123 Å². The van der Waals surface area contributed by atoms with E-state index in [1.807, 2.05) is 18.2 Å². The molecule has 1 fully saturated rings. The molecule has 1 aliphatic heterocycles. The summed E-state index contributed by atoms with van der Waals surface area (Å²) in [7, 11) is 1.69. The van der Waals surface area contributed by atoms with Gasteiger partial charge < -0.3 is 14.8 Å². The van der Waals surface area contributed by atoms with Crippen LogP contribution in [0.1, 0.15) is 32.6 Å². The summed E-state index contributed by atoms with van der Waals surface area (Å²) in [5.74, 6) is 0.878. The van der Waals surface area contributed by atoms with Gasteiger partial charge in [0.05, 0.1) is 18.9 Å². The van der Waals surface area contributed by atoms with E-state index in [1.165, 1.54) is 6.42 Å². The van der Waals surface area contributed by atoms with E-state index >= 15 is 0 Å². The first-order valence-corrected chi connectivity index (χ1v) is 7.74. The Morgan fingerprint density at radius 1 is 1.47 bits per heavy atom. The first kappa shape index (κ1) is 14.7. The summed E-state index contributed by atoms with van der Waals surface area (Å²) in [4.78, 5) is 0. The van der Waals surface area contributed by atoms with Crippen molar-refractivity contribution in [2.45, 2.75) is 44.8 Å². The Morgan fingerprint density at radius 3 is 3.05 bits per heavy atom. The van der Waals surface area contributed by atoms with E-state index in [2.05, 4.69) is 28.2 Å². The molecule has 106 valence electrons. The molecule has 19 heavy (non-hydrogen) atoms. The molecule has 0 amide bonds. The summed E-state index contributed by atoms with van der Waals surface area (Å²) >= 11 is 3.58. The van der Waals surface area contributed by atoms with Crippen LogP contribution < -0.4 is 10.1 Å². The zero-order valence-electron chi connectivity index (χ0n) is 11.6. The molecule has 0 radical (unpaired) electrons. The molecule has 0 aromatic heterocycles. The number of rotatable bonds is 5. The lowest BCUT2D eigenvalue weighted by Crippen LogP contribution is -2.34. The molecule has 2 atom stereocenters. The standard InChI is InChI=1S/C15H22BrNO2/c1-3-4-13-9-11(7-8-19-13)17-15-10-12(18-2)5-6-14(15)16/h5-6,10-11,13,17H,3-4,7-9H2,1-2H3. The fourth-order valence-corrected chi connectivity index (χ4v) is 2.86. The van der Waals surface area contributed by atoms with Crippen molar-refractivity contribution in [2.75, 3.05) is 19.0 Å². The molecule has 0 aliphatic carbocycles. The normalized spacial score (nSPS) is 23.1. The highest BCUT2D eigenvalue weighted by molar-refractivity contribution is 9.10. The minimum Gasteiger partial charge on any atom is -0.497 e. The van der Waals surface area contributed by atoms with Gasteiger partial charge in [-0.2, -0.15) is 0 Å². The maximum absolute atomic E-state index is 5.79. The lowest BCUT2D eigenvalue weighted by molar-refractivity contribution is 0.00597. The summed E-state index contributed by atoms with van der Waals surface area (Å²) in [6.07, 6.45) is 4.87. The van der Waals surface area contributed by atoms with Gasteiger partial charge in [-0.05, 0) is 47.3 Å². The third kappa shape index (κ3) is 4.11. The highest BCUT2D eigenvalue weighted by Crippen LogP contribution is 2.30. The van der Waals surface area contributed by atoms with Crippen LogP contribution in [-0.4, -0.2) is 25.9 Å². The van der Waals surface area contributed by atoms with Crippen molar-refractivity contribution in [3.05, 3.63) is 22.7 Å². The Hall–Kier alpha value is -0.740. The van der Waals surface area contributed by atoms with Crippen LogP contribution in [0.4, 0.5) is 5.69 Å². The van der Waals surface area contributed by atoms with Crippen LogP contribution in [-0.2, 0) is 4.74 Å². The van der Waals surface area contributed by atoms with E-state index < -0.39 is 0 Å². The molecule has 2 rings (SSSR count). The van der Waals surface area contributed by atoms with E-state index in [9.17, 15) is 0 Å². The highest BCUT2D eigenvalue weighted by atomic mass is 79.9. The fourth-order valence-electron chi connectivity index (χ4n) is 2.50. The molecule has 1 aliphatic rings. The summed E-state index contributed by atoms with van der Waals surface area (Å²) in [5, 5.41) is 3.61. The summed E-state index contributed by atoms with van der Waals surface area (Å²) in [5.41, 5.74) is 1.10. The van der Waals surface area contributed by atoms with Gasteiger partial charge >= 0.3 is 0 Å². The molecule has 1 aromatic rings. The van der Waals surface area contributed by atoms with Gasteiger partial charge in [0.2, 0.25) is 0 Å². The monoisotopic (exact) mass is 327 g/mol. The van der Waals surface area contributed by atoms with Crippen LogP contribution in [0, 0.1) is 0 Å². The topological polar surface area (TPSA) is 30.5 Å². The molecular formula is C15H22BrNO2. The number of hydrogen-bond acceptors (Lipinski definition) is 3. The molecule has 1 saturated heterocycles. The summed E-state index contributed by atoms with van der Waals surface area (Å²) < 4.78 is 12.1. The van der Waals surface area contributed by atoms with Crippen LogP contribution in [0.3, 0.4) is 0 Å². The molecule has 1 aromatic carbocycles. The lowest BCUT2D eigenvalue weighted by atomic mass is 10.00. The summed E-state index contributed by atoms with van der Waals surface area (Å²) in [6, 6.07) is 6.49. The number of methoxy groups -OCH3 is 1. The molecule has 4 heteroatoms. The molecule has 2 unspecified atom stereocenters. The Bertz CT molecular complexity index is 409. The quantitative estimate of drug-likeness (QED) is 0.878. The predicted molar refractivity (Wildman–Crippen MR) is 82.0 cm³/mol. The minimum atomic E-state index is 0.403. The maximum atomic E-state index is 5.79. The Balaban J connectivity index is 2.00. The molecule has 1 N–H and O–H groups in total. The Morgan fingerprint density at radius 2 is 2.32 bits per heavy atom. The second-order valence-corrected chi connectivity index (χ2v) is 5.85. The molecular weight excluding hydrogens is 306 g/mol. The van der Waals surface area contributed by atoms with E-state index in [1.54, 1.807) is 7.11 Å². The summed E-state index contributed by atoms with van der Waals surface area (Å²) in [6.45, 7) is 3.06. The second-order valence-electron chi connectivity index (χ2n) is 4.99. The van der Waals surface area contributed by atoms with Crippen molar-refractivity contribution in [3.8, 4) is 5.75 Å². The van der Waals surface area contributed by atoms with Crippen molar-refractivity contribution < 1.29 is 9.47 Å². The van der Waals surface area contributed by atoms with E-state index in [4.69, 9.17) is 9.47 Å². The third-order valence-electron chi connectivity index (χ3n) is 3.51. The predicted octanol–water partition coefficient (Wildman–Crippen LogP) is 4.22. The first-order valence-electron chi connectivity index (χ1n) is 6.94. The SMILES string of the molecule is CCCC1CC(Nc2cc(OC)ccc2Br)CCO1. The molecule has 0 spiro atoms. The number of halogens is 1. The average molecular weight is 328 g/mol. The van der Waals surface area contributed by atoms with Crippen LogP contribution >= 0.6 is 15.9 Å². The van der Waals surface area contributed by atoms with Gasteiger partial charge in [0.1, 0.15) is 5.75 Å². The van der Waals surface area contributed by atoms with E-state index in [0.29, 0.717) is 12.1 Å². The van der Waals surface area contributed by atoms with Crippen molar-refractivity contribution in [2.24, 2.45) is 0 Å². The zero-order chi connectivity index (χ0) is 13.7. The fraction of sp³-hybridized carbons (Fsp3) is 0.600. The Kier molecular flexibility index (Phi) is 5.52. The molecule has 1 heterocycles. The van der Waals surface area contributed by atoms with Gasteiger partial charge in [-0.25, -0.2) is 0 Å². The first-order chi connectivity index (χ1) is 9.22. The van der Waals surface area contributed by atoms with Gasteiger partial charge in [0.15, 0.2) is 0 Å². The van der Waals surface area contributed by atoms with E-state index in [-0.39, 0.29) is 0 Å². The van der Waals surface area contributed by atoms with Crippen molar-refractivity contribution in [3.63, 3.8) is 0 Å². The smallest absolute Gasteiger partial charge is 0.121 e. The molecule has 0 saturated carbocycles. The lowest BCUT2D eigenvalue weighted by Gasteiger charge is -2.31. The number of ether oxygens (including phenoxy) is 2. The van der Waals surface area contributed by atoms with Gasteiger partial charge in [-0.15, -0.1) is 0 Å². The van der Waals surface area contributed by atoms with Gasteiger partial charge in [0.25, 0.3) is 0 Å². The highest BCUT2D eigenvalue weighted by Gasteiger charge is 2.22. The second kappa shape index (κ2) is 7.15. The zero-order valence-corrected chi connectivity index (χ0v) is 13.2. The largest absolute Gasteiger partial charge is 0.497 e. The number of nitrogens with one attached hydrogen (secondary N) is 1. The van der Waals surface area contributed by atoms with Crippen molar-refractivity contribution >= 4 is 21.6 Å². The van der Waals surface area contributed by atoms with Gasteiger partial charge in [0, 0.05) is 23.2 Å². The van der Waals surface area contributed by atoms with Crippen LogP contribution in [0.5, 0.6) is 5.75 Å². The average Bonchev–Trinajstić information content (AvgIpc) is 2.42. The molecule has 0 bridgehead atoms. The number of benzene rings is 1. The molecule has 3 nitrogen and oxygen atoms in total. The van der Waals surface area contributed by atoms with E-state index in [0.717, 1.165) is 41.8 Å². The minimum absolute atomic E-state index is 0.403. The maximum Gasteiger partial charge on any atom is 0.121 e. The number of hydrogen-bond donors (Lipinski definition) is 1. The number of anilines is 1. The van der Waals surface area contributed by atoms with Crippen LogP contribution in [0.15, 0.2) is 22.7 Å². The van der Waals surface area contributed by atoms with Crippen molar-refractivity contribution in [1.29, 1.82) is 0 Å². The van der Waals surface area contributed by atoms with Crippen LogP contribution in [0.25, 0.3) is 0 Å². The third-order valence-corrected chi connectivity index (χ3v) is 4.20.